The molecule has 1 aromatic heterocycles. The number of nitrogens with two attached hydrogens (primary N) is 1. The minimum absolute atomic E-state index is 0.0889. The number of hydrogen-bond donors (Lipinski definition) is 1. The molecule has 0 fully saturated rings. The Kier molecular flexibility index (Phi) is 2.93. The van der Waals surface area contributed by atoms with E-state index in [0.717, 1.165) is 5.69 Å². The highest BCUT2D eigenvalue weighted by atomic mass is 32.2. The van der Waals surface area contributed by atoms with E-state index in [9.17, 15) is 8.42 Å². The van der Waals surface area contributed by atoms with Gasteiger partial charge in [-0.1, -0.05) is 20.8 Å². The summed E-state index contributed by atoms with van der Waals surface area (Å²) in [6.07, 6.45) is 0. The van der Waals surface area contributed by atoms with Crippen molar-refractivity contribution in [1.82, 2.24) is 9.78 Å². The number of sulfonamides is 1. The van der Waals surface area contributed by atoms with Gasteiger partial charge < -0.3 is 0 Å². The van der Waals surface area contributed by atoms with Crippen LogP contribution in [0.15, 0.2) is 6.07 Å². The molecule has 86 valence electrons. The van der Waals surface area contributed by atoms with E-state index in [1.54, 1.807) is 17.8 Å². The molecule has 0 amide bonds. The molecule has 0 aliphatic carbocycles. The maximum Gasteiger partial charge on any atom is 0.214 e. The largest absolute Gasteiger partial charge is 0.271 e. The molecule has 1 aromatic rings. The Morgan fingerprint density at radius 2 is 2.00 bits per heavy atom. The standard InChI is InChI=1S/C9H17N3O2S/c1-9(2,3)8-5-7(12(4)11-8)6-15(10,13)14/h5H,6H2,1-4H3,(H2,10,13,14). The van der Waals surface area contributed by atoms with Crippen LogP contribution in [-0.2, 0) is 28.2 Å². The van der Waals surface area contributed by atoms with E-state index < -0.39 is 10.0 Å². The van der Waals surface area contributed by atoms with Crippen LogP contribution >= 0.6 is 0 Å². The first kappa shape index (κ1) is 12.2. The Morgan fingerprint density at radius 1 is 1.47 bits per heavy atom. The van der Waals surface area contributed by atoms with Gasteiger partial charge in [-0.05, 0) is 6.07 Å². The highest BCUT2D eigenvalue weighted by Gasteiger charge is 2.20. The first-order chi connectivity index (χ1) is 6.59. The fraction of sp³-hybridized carbons (Fsp3) is 0.667. The van der Waals surface area contributed by atoms with Gasteiger partial charge in [-0.3, -0.25) is 4.68 Å². The van der Waals surface area contributed by atoms with E-state index in [-0.39, 0.29) is 11.2 Å². The van der Waals surface area contributed by atoms with E-state index in [1.165, 1.54) is 0 Å². The summed E-state index contributed by atoms with van der Waals surface area (Å²) in [7, 11) is -1.77. The van der Waals surface area contributed by atoms with Crippen LogP contribution in [0.3, 0.4) is 0 Å². The molecule has 0 atom stereocenters. The zero-order valence-corrected chi connectivity index (χ0v) is 10.3. The molecule has 0 aliphatic rings. The Hall–Kier alpha value is -0.880. The second kappa shape index (κ2) is 3.61. The molecule has 0 aromatic carbocycles. The molecule has 0 aliphatic heterocycles. The molecule has 0 radical (unpaired) electrons. The summed E-state index contributed by atoms with van der Waals surface area (Å²) in [4.78, 5) is 0. The second-order valence-corrected chi connectivity index (χ2v) is 6.32. The van der Waals surface area contributed by atoms with Gasteiger partial charge in [0.2, 0.25) is 10.0 Å². The minimum Gasteiger partial charge on any atom is -0.271 e. The quantitative estimate of drug-likeness (QED) is 0.805. The minimum atomic E-state index is -3.49. The van der Waals surface area contributed by atoms with Crippen molar-refractivity contribution < 1.29 is 8.42 Å². The summed E-state index contributed by atoms with van der Waals surface area (Å²) >= 11 is 0. The van der Waals surface area contributed by atoms with Crippen LogP contribution in [0.25, 0.3) is 0 Å². The molecule has 0 saturated heterocycles. The summed E-state index contributed by atoms with van der Waals surface area (Å²) in [6, 6.07) is 1.78. The Bertz CT molecular complexity index is 454. The number of primary sulfonamides is 1. The van der Waals surface area contributed by atoms with E-state index in [1.807, 2.05) is 20.8 Å². The van der Waals surface area contributed by atoms with Gasteiger partial charge in [0.05, 0.1) is 11.4 Å². The predicted molar refractivity (Wildman–Crippen MR) is 58.7 cm³/mol. The number of nitrogens with zero attached hydrogens (tertiary/aromatic N) is 2. The van der Waals surface area contributed by atoms with Gasteiger partial charge in [-0.25, -0.2) is 13.6 Å². The van der Waals surface area contributed by atoms with Crippen molar-refractivity contribution >= 4 is 10.0 Å². The zero-order chi connectivity index (χ0) is 11.9. The lowest BCUT2D eigenvalue weighted by atomic mass is 9.92. The first-order valence-electron chi connectivity index (χ1n) is 4.63. The Balaban J connectivity index is 3.08. The molecule has 0 bridgehead atoms. The van der Waals surface area contributed by atoms with Gasteiger partial charge >= 0.3 is 0 Å². The second-order valence-electron chi connectivity index (χ2n) is 4.70. The molecular formula is C9H17N3O2S. The SMILES string of the molecule is Cn1nc(C(C)(C)C)cc1CS(N)(=O)=O. The predicted octanol–water partition coefficient (Wildman–Crippen LogP) is 0.506. The number of aromatic nitrogens is 2. The summed E-state index contributed by atoms with van der Waals surface area (Å²) in [5.41, 5.74) is 1.39. The van der Waals surface area contributed by atoms with Crippen LogP contribution in [0.2, 0.25) is 0 Å². The van der Waals surface area contributed by atoms with Crippen LogP contribution in [-0.4, -0.2) is 18.2 Å². The molecular weight excluding hydrogens is 214 g/mol. The maximum absolute atomic E-state index is 10.9. The molecule has 0 saturated carbocycles. The van der Waals surface area contributed by atoms with E-state index in [0.29, 0.717) is 5.69 Å². The van der Waals surface area contributed by atoms with Gasteiger partial charge in [0.1, 0.15) is 5.75 Å². The monoisotopic (exact) mass is 231 g/mol. The van der Waals surface area contributed by atoms with Gasteiger partial charge in [-0.15, -0.1) is 0 Å². The third kappa shape index (κ3) is 3.32. The lowest BCUT2D eigenvalue weighted by molar-refractivity contribution is 0.551. The molecule has 6 heteroatoms. The Labute approximate surface area is 90.3 Å². The van der Waals surface area contributed by atoms with E-state index in [2.05, 4.69) is 5.10 Å². The van der Waals surface area contributed by atoms with Crippen molar-refractivity contribution in [2.75, 3.05) is 0 Å². The third-order valence-electron chi connectivity index (χ3n) is 2.09. The number of aryl methyl sites for hydroxylation is 1. The fourth-order valence-electron chi connectivity index (χ4n) is 1.21. The number of hydrogen-bond acceptors (Lipinski definition) is 3. The molecule has 0 spiro atoms. The lowest BCUT2D eigenvalue weighted by Gasteiger charge is -2.13. The van der Waals surface area contributed by atoms with Gasteiger partial charge in [0.25, 0.3) is 0 Å². The van der Waals surface area contributed by atoms with Crippen molar-refractivity contribution in [3.8, 4) is 0 Å². The summed E-state index contributed by atoms with van der Waals surface area (Å²) in [5.74, 6) is -0.174. The van der Waals surface area contributed by atoms with E-state index in [4.69, 9.17) is 5.14 Å². The van der Waals surface area contributed by atoms with Crippen LogP contribution in [0.1, 0.15) is 32.2 Å². The fourth-order valence-corrected chi connectivity index (χ4v) is 1.90. The summed E-state index contributed by atoms with van der Waals surface area (Å²) in [5, 5.41) is 9.25. The van der Waals surface area contributed by atoms with Crippen molar-refractivity contribution in [1.29, 1.82) is 0 Å². The van der Waals surface area contributed by atoms with Crippen molar-refractivity contribution in [2.45, 2.75) is 31.9 Å². The van der Waals surface area contributed by atoms with Gasteiger partial charge in [-0.2, -0.15) is 5.10 Å². The van der Waals surface area contributed by atoms with Gasteiger partial charge in [0, 0.05) is 12.5 Å². The summed E-state index contributed by atoms with van der Waals surface area (Å²) in [6.45, 7) is 6.07. The van der Waals surface area contributed by atoms with Crippen LogP contribution < -0.4 is 5.14 Å². The smallest absolute Gasteiger partial charge is 0.214 e. The highest BCUT2D eigenvalue weighted by Crippen LogP contribution is 2.21. The van der Waals surface area contributed by atoms with Gasteiger partial charge in [0.15, 0.2) is 0 Å². The zero-order valence-electron chi connectivity index (χ0n) is 9.48. The topological polar surface area (TPSA) is 78.0 Å². The molecule has 2 N–H and O–H groups in total. The lowest BCUT2D eigenvalue weighted by Crippen LogP contribution is -2.16. The first-order valence-corrected chi connectivity index (χ1v) is 6.35. The highest BCUT2D eigenvalue weighted by molar-refractivity contribution is 7.88. The van der Waals surface area contributed by atoms with Crippen molar-refractivity contribution in [3.05, 3.63) is 17.5 Å². The van der Waals surface area contributed by atoms with Crippen LogP contribution in [0, 0.1) is 0 Å². The van der Waals surface area contributed by atoms with Crippen molar-refractivity contribution in [3.63, 3.8) is 0 Å². The average molecular weight is 231 g/mol. The average Bonchev–Trinajstić information content (AvgIpc) is 2.27. The maximum atomic E-state index is 10.9. The number of rotatable bonds is 2. The van der Waals surface area contributed by atoms with E-state index >= 15 is 0 Å². The molecule has 1 heterocycles. The molecule has 1 rings (SSSR count). The van der Waals surface area contributed by atoms with Crippen molar-refractivity contribution in [2.24, 2.45) is 12.2 Å². The molecule has 5 nitrogen and oxygen atoms in total. The Morgan fingerprint density at radius 3 is 2.33 bits per heavy atom. The molecule has 0 unspecified atom stereocenters. The normalized spacial score (nSPS) is 13.1. The van der Waals surface area contributed by atoms with Crippen LogP contribution in [0.4, 0.5) is 0 Å². The van der Waals surface area contributed by atoms with Crippen LogP contribution in [0.5, 0.6) is 0 Å². The third-order valence-corrected chi connectivity index (χ3v) is 2.79. The summed E-state index contributed by atoms with van der Waals surface area (Å²) < 4.78 is 23.5. The molecule has 15 heavy (non-hydrogen) atoms.